The summed E-state index contributed by atoms with van der Waals surface area (Å²) in [5.74, 6) is -0.151. The number of carbonyl (C=O) groups excluding carboxylic acids is 2. The molecule has 4 heterocycles. The van der Waals surface area contributed by atoms with Crippen molar-refractivity contribution in [2.75, 3.05) is 11.9 Å². The van der Waals surface area contributed by atoms with Crippen molar-refractivity contribution in [2.45, 2.75) is 44.9 Å². The van der Waals surface area contributed by atoms with Crippen molar-refractivity contribution in [1.29, 1.82) is 0 Å². The third kappa shape index (κ3) is 3.70. The molecule has 1 saturated heterocycles. The molecule has 1 saturated carbocycles. The number of nitrogens with zero attached hydrogens (tertiary/aromatic N) is 3. The van der Waals surface area contributed by atoms with Gasteiger partial charge in [0.15, 0.2) is 0 Å². The Morgan fingerprint density at radius 2 is 2.00 bits per heavy atom. The molecule has 3 N–H and O–H groups in total. The lowest BCUT2D eigenvalue weighted by Crippen LogP contribution is -2.34. The number of hydrogen-bond donors (Lipinski definition) is 3. The minimum atomic E-state index is -0.711. The van der Waals surface area contributed by atoms with E-state index in [1.807, 2.05) is 37.3 Å². The van der Waals surface area contributed by atoms with Crippen LogP contribution in [0.3, 0.4) is 0 Å². The first-order valence-corrected chi connectivity index (χ1v) is 12.4. The summed E-state index contributed by atoms with van der Waals surface area (Å²) in [4.78, 5) is 32.1. The van der Waals surface area contributed by atoms with E-state index >= 15 is 0 Å². The van der Waals surface area contributed by atoms with Crippen LogP contribution in [-0.2, 0) is 0 Å². The molecule has 2 fully saturated rings. The first-order valence-electron chi connectivity index (χ1n) is 11.6. The maximum atomic E-state index is 12.9. The maximum Gasteiger partial charge on any atom is 0.326 e. The summed E-state index contributed by atoms with van der Waals surface area (Å²) in [7, 11) is 0. The number of fused-ring (bicyclic) bond motifs is 2. The molecule has 2 aliphatic rings. The number of carbonyl (C=O) groups is 2. The molecule has 1 aromatic carbocycles. The number of aromatic nitrogens is 2. The second-order valence-corrected chi connectivity index (χ2v) is 10.1. The molecule has 34 heavy (non-hydrogen) atoms. The normalized spacial score (nSPS) is 18.1. The van der Waals surface area contributed by atoms with Gasteiger partial charge in [0.25, 0.3) is 5.91 Å². The molecule has 3 aromatic heterocycles. The highest BCUT2D eigenvalue weighted by atomic mass is 32.1. The van der Waals surface area contributed by atoms with Crippen LogP contribution in [0.5, 0.6) is 0 Å². The van der Waals surface area contributed by atoms with Crippen LogP contribution in [0.15, 0.2) is 42.6 Å². The van der Waals surface area contributed by atoms with Crippen molar-refractivity contribution in [3.8, 4) is 0 Å². The molecule has 0 radical (unpaired) electrons. The Labute approximate surface area is 200 Å². The summed E-state index contributed by atoms with van der Waals surface area (Å²) in [5.41, 5.74) is 4.25. The first kappa shape index (κ1) is 21.1. The first-order chi connectivity index (χ1) is 16.5. The number of likely N-dealkylation sites (tertiary alicyclic amines) is 1. The molecule has 4 aromatic rings. The van der Waals surface area contributed by atoms with Gasteiger partial charge in [0.1, 0.15) is 6.23 Å². The SMILES string of the molecule is Cc1cc2cc(Nc3ccnc4cc(C(=O)N5CCCC5O)sc34)ccc2n1C(=O)NC1CC1. The van der Waals surface area contributed by atoms with E-state index in [2.05, 4.69) is 15.6 Å². The van der Waals surface area contributed by atoms with Crippen LogP contribution in [0, 0.1) is 6.92 Å². The smallest absolute Gasteiger partial charge is 0.326 e. The fraction of sp³-hybridized carbons (Fsp3) is 0.320. The highest BCUT2D eigenvalue weighted by Crippen LogP contribution is 2.35. The molecule has 174 valence electrons. The van der Waals surface area contributed by atoms with Gasteiger partial charge in [0.05, 0.1) is 26.3 Å². The van der Waals surface area contributed by atoms with Crippen molar-refractivity contribution in [1.82, 2.24) is 19.8 Å². The molecular formula is C25H25N5O3S. The van der Waals surface area contributed by atoms with E-state index in [1.54, 1.807) is 16.8 Å². The van der Waals surface area contributed by atoms with E-state index in [0.29, 0.717) is 23.9 Å². The van der Waals surface area contributed by atoms with Crippen LogP contribution in [0.2, 0.25) is 0 Å². The van der Waals surface area contributed by atoms with Gasteiger partial charge >= 0.3 is 6.03 Å². The predicted molar refractivity (Wildman–Crippen MR) is 133 cm³/mol. The number of nitrogens with one attached hydrogen (secondary N) is 2. The van der Waals surface area contributed by atoms with Crippen LogP contribution in [0.4, 0.5) is 16.2 Å². The van der Waals surface area contributed by atoms with Gasteiger partial charge in [-0.3, -0.25) is 14.3 Å². The van der Waals surface area contributed by atoms with Crippen LogP contribution in [0.1, 0.15) is 41.0 Å². The predicted octanol–water partition coefficient (Wildman–Crippen LogP) is 4.58. The van der Waals surface area contributed by atoms with Gasteiger partial charge in [0, 0.05) is 35.6 Å². The average molecular weight is 476 g/mol. The Morgan fingerprint density at radius 3 is 2.76 bits per heavy atom. The summed E-state index contributed by atoms with van der Waals surface area (Å²) in [6.45, 7) is 2.51. The number of benzene rings is 1. The molecule has 9 heteroatoms. The van der Waals surface area contributed by atoms with E-state index in [4.69, 9.17) is 0 Å². The van der Waals surface area contributed by atoms with E-state index in [-0.39, 0.29) is 11.9 Å². The van der Waals surface area contributed by atoms with Crippen molar-refractivity contribution in [2.24, 2.45) is 0 Å². The third-order valence-corrected chi connectivity index (χ3v) is 7.62. The lowest BCUT2D eigenvalue weighted by atomic mass is 10.2. The summed E-state index contributed by atoms with van der Waals surface area (Å²) in [6.07, 6.45) is 4.54. The highest BCUT2D eigenvalue weighted by Gasteiger charge is 2.29. The Morgan fingerprint density at radius 1 is 1.15 bits per heavy atom. The van der Waals surface area contributed by atoms with Gasteiger partial charge in [-0.1, -0.05) is 0 Å². The number of anilines is 2. The van der Waals surface area contributed by atoms with Gasteiger partial charge in [-0.25, -0.2) is 4.79 Å². The molecule has 6 rings (SSSR count). The number of aryl methyl sites for hydroxylation is 1. The Hall–Kier alpha value is -3.43. The summed E-state index contributed by atoms with van der Waals surface area (Å²) in [5, 5.41) is 17.6. The standard InChI is InChI=1S/C25H25N5O3S/c1-14-11-15-12-17(6-7-20(15)30(14)25(33)28-16-4-5-16)27-18-8-9-26-19-13-21(34-23(18)19)24(32)29-10-2-3-22(29)31/h6-9,11-13,16,22,31H,2-5,10H2,1H3,(H,26,27)(H,28,33). The minimum absolute atomic E-state index is 0.0783. The lowest BCUT2D eigenvalue weighted by molar-refractivity contribution is 0.0297. The zero-order valence-corrected chi connectivity index (χ0v) is 19.6. The lowest BCUT2D eigenvalue weighted by Gasteiger charge is -2.18. The van der Waals surface area contributed by atoms with Crippen LogP contribution in [-0.4, -0.2) is 50.3 Å². The second-order valence-electron chi connectivity index (χ2n) is 9.05. The Bertz CT molecular complexity index is 1440. The largest absolute Gasteiger partial charge is 0.374 e. The molecule has 2 amide bonds. The van der Waals surface area contributed by atoms with Crippen molar-refractivity contribution in [3.63, 3.8) is 0 Å². The highest BCUT2D eigenvalue weighted by molar-refractivity contribution is 7.21. The number of amides is 2. The number of pyridine rings is 1. The molecule has 1 aliphatic heterocycles. The average Bonchev–Trinajstić information content (AvgIpc) is 3.20. The molecule has 1 atom stereocenters. The van der Waals surface area contributed by atoms with Crippen LogP contribution in [0.25, 0.3) is 21.1 Å². The third-order valence-electron chi connectivity index (χ3n) is 6.48. The number of aliphatic hydroxyl groups is 1. The van der Waals surface area contributed by atoms with Gasteiger partial charge in [-0.15, -0.1) is 11.3 Å². The summed E-state index contributed by atoms with van der Waals surface area (Å²) >= 11 is 1.38. The van der Waals surface area contributed by atoms with Gasteiger partial charge in [-0.05, 0) is 69.0 Å². The summed E-state index contributed by atoms with van der Waals surface area (Å²) < 4.78 is 2.61. The number of thiophene rings is 1. The molecular weight excluding hydrogens is 450 g/mol. The molecule has 0 spiro atoms. The molecule has 0 bridgehead atoms. The van der Waals surface area contributed by atoms with Gasteiger partial charge in [0.2, 0.25) is 0 Å². The Kier molecular flexibility index (Phi) is 5.04. The van der Waals surface area contributed by atoms with Crippen LogP contribution < -0.4 is 10.6 Å². The number of rotatable bonds is 4. The van der Waals surface area contributed by atoms with E-state index < -0.39 is 6.23 Å². The monoisotopic (exact) mass is 475 g/mol. The number of hydrogen-bond acceptors (Lipinski definition) is 6. The number of aliphatic hydroxyl groups excluding tert-OH is 1. The fourth-order valence-electron chi connectivity index (χ4n) is 4.59. The minimum Gasteiger partial charge on any atom is -0.374 e. The quantitative estimate of drug-likeness (QED) is 0.401. The van der Waals surface area contributed by atoms with E-state index in [9.17, 15) is 14.7 Å². The van der Waals surface area contributed by atoms with Crippen molar-refractivity contribution in [3.05, 3.63) is 53.2 Å². The van der Waals surface area contributed by atoms with Crippen LogP contribution >= 0.6 is 11.3 Å². The van der Waals surface area contributed by atoms with Gasteiger partial charge in [-0.2, -0.15) is 0 Å². The van der Waals surface area contributed by atoms with Crippen molar-refractivity contribution >= 4 is 55.8 Å². The Balaban J connectivity index is 1.29. The maximum absolute atomic E-state index is 12.9. The topological polar surface area (TPSA) is 99.5 Å². The zero-order chi connectivity index (χ0) is 23.4. The van der Waals surface area contributed by atoms with Crippen molar-refractivity contribution < 1.29 is 14.7 Å². The van der Waals surface area contributed by atoms with E-state index in [1.165, 1.54) is 16.2 Å². The molecule has 1 unspecified atom stereocenters. The zero-order valence-electron chi connectivity index (χ0n) is 18.7. The fourth-order valence-corrected chi connectivity index (χ4v) is 5.63. The van der Waals surface area contributed by atoms with Gasteiger partial charge < -0.3 is 20.6 Å². The summed E-state index contributed by atoms with van der Waals surface area (Å²) in [6, 6.07) is 11.9. The van der Waals surface area contributed by atoms with E-state index in [0.717, 1.165) is 57.5 Å². The molecule has 8 nitrogen and oxygen atoms in total. The molecule has 1 aliphatic carbocycles. The second kappa shape index (κ2) is 8.11.